The maximum Gasteiger partial charge on any atom is 0.408 e. The van der Waals surface area contributed by atoms with Crippen LogP contribution in [-0.4, -0.2) is 16.7 Å². The Balaban J connectivity index is 3.06. The molecule has 1 unspecified atom stereocenters. The Bertz CT molecular complexity index is 574. The Labute approximate surface area is 136 Å². The van der Waals surface area contributed by atoms with Gasteiger partial charge in [0.05, 0.1) is 29.2 Å². The van der Waals surface area contributed by atoms with Crippen molar-refractivity contribution in [3.05, 3.63) is 28.5 Å². The van der Waals surface area contributed by atoms with Gasteiger partial charge in [0.2, 0.25) is 0 Å². The highest BCUT2D eigenvalue weighted by atomic mass is 35.5. The number of rotatable bonds is 4. The van der Waals surface area contributed by atoms with Crippen molar-refractivity contribution < 1.29 is 9.53 Å². The minimum Gasteiger partial charge on any atom is -0.444 e. The zero-order valence-corrected chi connectivity index (χ0v) is 14.4. The fourth-order valence-corrected chi connectivity index (χ4v) is 2.16. The van der Waals surface area contributed by atoms with E-state index < -0.39 is 11.7 Å². The zero-order chi connectivity index (χ0) is 16.9. The summed E-state index contributed by atoms with van der Waals surface area (Å²) in [4.78, 5) is 16.3. The normalized spacial score (nSPS) is 12.6. The minimum atomic E-state index is -0.575. The van der Waals surface area contributed by atoms with E-state index in [-0.39, 0.29) is 18.4 Å². The van der Waals surface area contributed by atoms with Crippen LogP contribution in [0.5, 0.6) is 0 Å². The SMILES string of the molecule is CC(C)C(NC(=O)OC(C)(C)C)c1ncc(Cl)cc1CC#N. The van der Waals surface area contributed by atoms with Gasteiger partial charge in [-0.3, -0.25) is 4.98 Å². The average Bonchev–Trinajstić information content (AvgIpc) is 2.35. The first-order chi connectivity index (χ1) is 10.1. The van der Waals surface area contributed by atoms with E-state index in [0.717, 1.165) is 0 Å². The highest BCUT2D eigenvalue weighted by Gasteiger charge is 2.25. The van der Waals surface area contributed by atoms with Crippen LogP contribution in [0.25, 0.3) is 0 Å². The summed E-state index contributed by atoms with van der Waals surface area (Å²) < 4.78 is 5.29. The molecule has 0 aliphatic heterocycles. The molecular weight excluding hydrogens is 302 g/mol. The van der Waals surface area contributed by atoms with E-state index in [2.05, 4.69) is 16.4 Å². The van der Waals surface area contributed by atoms with Gasteiger partial charge in [-0.15, -0.1) is 0 Å². The molecule has 1 amide bonds. The Morgan fingerprint density at radius 1 is 1.50 bits per heavy atom. The molecule has 1 aromatic rings. The number of nitrogens with one attached hydrogen (secondary N) is 1. The topological polar surface area (TPSA) is 75.0 Å². The summed E-state index contributed by atoms with van der Waals surface area (Å²) in [6.45, 7) is 9.35. The van der Waals surface area contributed by atoms with E-state index in [1.54, 1.807) is 26.8 Å². The third kappa shape index (κ3) is 5.53. The quantitative estimate of drug-likeness (QED) is 0.907. The third-order valence-electron chi connectivity index (χ3n) is 2.87. The Kier molecular flexibility index (Phi) is 6.19. The lowest BCUT2D eigenvalue weighted by molar-refractivity contribution is 0.0488. The Morgan fingerprint density at radius 2 is 2.14 bits per heavy atom. The predicted molar refractivity (Wildman–Crippen MR) is 85.5 cm³/mol. The maximum atomic E-state index is 12.0. The van der Waals surface area contributed by atoms with Crippen molar-refractivity contribution in [2.75, 3.05) is 0 Å². The monoisotopic (exact) mass is 323 g/mol. The molecule has 0 bridgehead atoms. The largest absolute Gasteiger partial charge is 0.444 e. The van der Waals surface area contributed by atoms with Gasteiger partial charge >= 0.3 is 6.09 Å². The van der Waals surface area contributed by atoms with Gasteiger partial charge in [0.25, 0.3) is 0 Å². The van der Waals surface area contributed by atoms with Crippen LogP contribution in [0.4, 0.5) is 4.79 Å². The number of ether oxygens (including phenoxy) is 1. The molecule has 1 heterocycles. The van der Waals surface area contributed by atoms with E-state index >= 15 is 0 Å². The van der Waals surface area contributed by atoms with Crippen LogP contribution in [0, 0.1) is 17.2 Å². The number of carbonyl (C=O) groups excluding carboxylic acids is 1. The van der Waals surface area contributed by atoms with Crippen molar-refractivity contribution in [3.63, 3.8) is 0 Å². The molecule has 22 heavy (non-hydrogen) atoms. The van der Waals surface area contributed by atoms with Gasteiger partial charge in [0, 0.05) is 6.20 Å². The number of hydrogen-bond donors (Lipinski definition) is 1. The number of halogens is 1. The first-order valence-electron chi connectivity index (χ1n) is 7.15. The standard InChI is InChI=1S/C16H22ClN3O2/c1-10(2)13(20-15(21)22-16(3,4)5)14-11(6-7-18)8-12(17)9-19-14/h8-10,13H,6H2,1-5H3,(H,20,21). The lowest BCUT2D eigenvalue weighted by atomic mass is 9.96. The molecule has 1 rings (SSSR count). The molecule has 5 nitrogen and oxygen atoms in total. The maximum absolute atomic E-state index is 12.0. The van der Waals surface area contributed by atoms with Crippen LogP contribution in [-0.2, 0) is 11.2 Å². The molecule has 0 saturated carbocycles. The Morgan fingerprint density at radius 3 is 2.64 bits per heavy atom. The molecule has 1 N–H and O–H groups in total. The fraction of sp³-hybridized carbons (Fsp3) is 0.562. The van der Waals surface area contributed by atoms with E-state index in [9.17, 15) is 4.79 Å². The van der Waals surface area contributed by atoms with E-state index in [0.29, 0.717) is 16.3 Å². The summed E-state index contributed by atoms with van der Waals surface area (Å²) in [7, 11) is 0. The van der Waals surface area contributed by atoms with Crippen LogP contribution in [0.15, 0.2) is 12.3 Å². The van der Waals surface area contributed by atoms with Crippen LogP contribution < -0.4 is 5.32 Å². The molecule has 0 fully saturated rings. The number of aromatic nitrogens is 1. The van der Waals surface area contributed by atoms with Gasteiger partial charge in [-0.2, -0.15) is 5.26 Å². The van der Waals surface area contributed by atoms with Gasteiger partial charge in [-0.05, 0) is 38.3 Å². The smallest absolute Gasteiger partial charge is 0.408 e. The van der Waals surface area contributed by atoms with Crippen molar-refractivity contribution in [3.8, 4) is 6.07 Å². The van der Waals surface area contributed by atoms with Crippen molar-refractivity contribution in [1.29, 1.82) is 5.26 Å². The van der Waals surface area contributed by atoms with Crippen LogP contribution >= 0.6 is 11.6 Å². The molecule has 1 atom stereocenters. The number of pyridine rings is 1. The molecule has 0 aromatic carbocycles. The van der Waals surface area contributed by atoms with Crippen molar-refractivity contribution >= 4 is 17.7 Å². The molecule has 0 radical (unpaired) electrons. The molecule has 0 aliphatic rings. The molecule has 0 spiro atoms. The van der Waals surface area contributed by atoms with Crippen LogP contribution in [0.1, 0.15) is 51.9 Å². The number of hydrogen-bond acceptors (Lipinski definition) is 4. The Hall–Kier alpha value is -1.80. The van der Waals surface area contributed by atoms with Crippen LogP contribution in [0.2, 0.25) is 5.02 Å². The lowest BCUT2D eigenvalue weighted by Gasteiger charge is -2.26. The van der Waals surface area contributed by atoms with E-state index in [1.165, 1.54) is 6.20 Å². The second kappa shape index (κ2) is 7.46. The van der Waals surface area contributed by atoms with Crippen molar-refractivity contribution in [2.24, 2.45) is 5.92 Å². The predicted octanol–water partition coefficient (Wildman–Crippen LogP) is 4.02. The van der Waals surface area contributed by atoms with Gasteiger partial charge in [-0.1, -0.05) is 25.4 Å². The molecular formula is C16H22ClN3O2. The number of nitrogens with zero attached hydrogens (tertiary/aromatic N) is 2. The first kappa shape index (κ1) is 18.2. The van der Waals surface area contributed by atoms with Crippen LogP contribution in [0.3, 0.4) is 0 Å². The lowest BCUT2D eigenvalue weighted by Crippen LogP contribution is -2.37. The van der Waals surface area contributed by atoms with E-state index in [4.69, 9.17) is 21.6 Å². The highest BCUT2D eigenvalue weighted by Crippen LogP contribution is 2.26. The first-order valence-corrected chi connectivity index (χ1v) is 7.52. The van der Waals surface area contributed by atoms with Crippen molar-refractivity contribution in [2.45, 2.75) is 52.7 Å². The molecule has 0 saturated heterocycles. The molecule has 0 aliphatic carbocycles. The number of amides is 1. The summed E-state index contributed by atoms with van der Waals surface area (Å²) in [5, 5.41) is 12.3. The van der Waals surface area contributed by atoms with Gasteiger partial charge in [0.15, 0.2) is 0 Å². The summed E-state index contributed by atoms with van der Waals surface area (Å²) >= 11 is 5.95. The van der Waals surface area contributed by atoms with Crippen molar-refractivity contribution in [1.82, 2.24) is 10.3 Å². The average molecular weight is 324 g/mol. The zero-order valence-electron chi connectivity index (χ0n) is 13.6. The van der Waals surface area contributed by atoms with E-state index in [1.807, 2.05) is 13.8 Å². The minimum absolute atomic E-state index is 0.0821. The van der Waals surface area contributed by atoms with Gasteiger partial charge < -0.3 is 10.1 Å². The van der Waals surface area contributed by atoms with Gasteiger partial charge in [-0.25, -0.2) is 4.79 Å². The molecule has 1 aromatic heterocycles. The third-order valence-corrected chi connectivity index (χ3v) is 3.08. The second-order valence-electron chi connectivity index (χ2n) is 6.40. The van der Waals surface area contributed by atoms with Gasteiger partial charge in [0.1, 0.15) is 5.60 Å². The summed E-state index contributed by atoms with van der Waals surface area (Å²) in [6.07, 6.45) is 1.19. The molecule has 6 heteroatoms. The molecule has 120 valence electrons. The highest BCUT2D eigenvalue weighted by molar-refractivity contribution is 6.30. The summed E-state index contributed by atoms with van der Waals surface area (Å²) in [5.74, 6) is 0.0821. The number of carbonyl (C=O) groups is 1. The summed E-state index contributed by atoms with van der Waals surface area (Å²) in [5.41, 5.74) is 0.783. The summed E-state index contributed by atoms with van der Waals surface area (Å²) in [6, 6.07) is 3.45. The number of alkyl carbamates (subject to hydrolysis) is 1. The second-order valence-corrected chi connectivity index (χ2v) is 6.84. The fourth-order valence-electron chi connectivity index (χ4n) is 1.98. The number of nitriles is 1.